The number of hydrogen-bond acceptors (Lipinski definition) is 3. The molecule has 1 amide bonds. The summed E-state index contributed by atoms with van der Waals surface area (Å²) in [7, 11) is 2.63. The number of halogens is 3. The normalized spacial score (nSPS) is 13.1. The van der Waals surface area contributed by atoms with Crippen LogP contribution in [0.2, 0.25) is 0 Å². The van der Waals surface area contributed by atoms with Crippen LogP contribution >= 0.6 is 0 Å². The van der Waals surface area contributed by atoms with Crippen LogP contribution in [0.4, 0.5) is 13.2 Å². The Morgan fingerprint density at radius 3 is 2.57 bits per heavy atom. The number of guanidine groups is 1. The van der Waals surface area contributed by atoms with Gasteiger partial charge in [0.15, 0.2) is 5.96 Å². The lowest BCUT2D eigenvalue weighted by molar-refractivity contribution is -0.157. The van der Waals surface area contributed by atoms with Gasteiger partial charge in [0.2, 0.25) is 5.91 Å². The predicted octanol–water partition coefficient (Wildman–Crippen LogP) is 2.86. The summed E-state index contributed by atoms with van der Waals surface area (Å²) in [6.07, 6.45) is -3.49. The van der Waals surface area contributed by atoms with Crippen LogP contribution in [0, 0.1) is 6.92 Å². The van der Waals surface area contributed by atoms with E-state index in [1.165, 1.54) is 7.05 Å². The van der Waals surface area contributed by atoms with Crippen molar-refractivity contribution in [1.82, 2.24) is 15.5 Å². The highest BCUT2D eigenvalue weighted by Crippen LogP contribution is 2.22. The fraction of sp³-hybridized carbons (Fsp3) is 0.579. The number of aliphatic imine (C=N–C) groups is 1. The largest absolute Gasteiger partial charge is 0.490 e. The second kappa shape index (κ2) is 10.8. The Hall–Kier alpha value is -2.45. The van der Waals surface area contributed by atoms with E-state index in [4.69, 9.17) is 4.74 Å². The van der Waals surface area contributed by atoms with Crippen LogP contribution < -0.4 is 15.4 Å². The Kier molecular flexibility index (Phi) is 9.08. The quantitative estimate of drug-likeness (QED) is 0.518. The zero-order valence-corrected chi connectivity index (χ0v) is 17.0. The number of likely N-dealkylation sites (N-methyl/N-ethyl adjacent to an activating group) is 1. The molecule has 0 heterocycles. The average Bonchev–Trinajstić information content (AvgIpc) is 2.61. The summed E-state index contributed by atoms with van der Waals surface area (Å²) in [6.45, 7) is 4.80. The number of carbonyl (C=O) groups excluding carboxylic acids is 1. The molecule has 0 aromatic heterocycles. The topological polar surface area (TPSA) is 66.0 Å². The van der Waals surface area contributed by atoms with Crippen molar-refractivity contribution in [2.45, 2.75) is 46.0 Å². The molecule has 1 rings (SSSR count). The van der Waals surface area contributed by atoms with Crippen molar-refractivity contribution in [2.75, 3.05) is 27.2 Å². The summed E-state index contributed by atoms with van der Waals surface area (Å²) in [5.74, 6) is 0.388. The number of ether oxygens (including phenoxy) is 1. The minimum Gasteiger partial charge on any atom is -0.490 e. The zero-order valence-electron chi connectivity index (χ0n) is 17.0. The lowest BCUT2D eigenvalue weighted by atomic mass is 10.1. The minimum absolute atomic E-state index is 0.0692. The van der Waals surface area contributed by atoms with E-state index < -0.39 is 18.6 Å². The highest BCUT2D eigenvalue weighted by atomic mass is 19.4. The molecule has 0 saturated carbocycles. The molecule has 1 unspecified atom stereocenters. The molecule has 6 nitrogen and oxygen atoms in total. The summed E-state index contributed by atoms with van der Waals surface area (Å²) in [5.41, 5.74) is 1.98. The van der Waals surface area contributed by atoms with E-state index in [2.05, 4.69) is 15.6 Å². The van der Waals surface area contributed by atoms with Crippen LogP contribution in [0.1, 0.15) is 31.4 Å². The molecule has 158 valence electrons. The summed E-state index contributed by atoms with van der Waals surface area (Å²) in [4.78, 5) is 16.4. The van der Waals surface area contributed by atoms with Gasteiger partial charge in [-0.1, -0.05) is 19.1 Å². The van der Waals surface area contributed by atoms with Crippen LogP contribution in [0.25, 0.3) is 0 Å². The number of hydrogen-bond donors (Lipinski definition) is 2. The van der Waals surface area contributed by atoms with Crippen LogP contribution in [0.15, 0.2) is 23.2 Å². The number of nitrogens with one attached hydrogen (secondary N) is 2. The highest BCUT2D eigenvalue weighted by molar-refractivity contribution is 5.86. The molecule has 1 atom stereocenters. The van der Waals surface area contributed by atoms with E-state index in [-0.39, 0.29) is 12.6 Å². The molecule has 0 spiro atoms. The molecule has 0 radical (unpaired) electrons. The van der Waals surface area contributed by atoms with Crippen molar-refractivity contribution in [3.63, 3.8) is 0 Å². The lowest BCUT2D eigenvalue weighted by Gasteiger charge is -2.20. The molecule has 0 aliphatic carbocycles. The van der Waals surface area contributed by atoms with Gasteiger partial charge < -0.3 is 20.3 Å². The number of nitrogens with zero attached hydrogens (tertiary/aromatic N) is 2. The lowest BCUT2D eigenvalue weighted by Crippen LogP contribution is -2.45. The van der Waals surface area contributed by atoms with E-state index in [9.17, 15) is 18.0 Å². The maximum Gasteiger partial charge on any atom is 0.406 e. The van der Waals surface area contributed by atoms with Crippen LogP contribution in [0.3, 0.4) is 0 Å². The Balaban J connectivity index is 2.64. The third-order valence-corrected chi connectivity index (χ3v) is 4.04. The summed E-state index contributed by atoms with van der Waals surface area (Å²) in [5, 5.41) is 5.77. The van der Waals surface area contributed by atoms with Crippen molar-refractivity contribution in [2.24, 2.45) is 4.99 Å². The van der Waals surface area contributed by atoms with Crippen molar-refractivity contribution in [1.29, 1.82) is 0 Å². The smallest absolute Gasteiger partial charge is 0.406 e. The van der Waals surface area contributed by atoms with Gasteiger partial charge in [0.25, 0.3) is 0 Å². The Morgan fingerprint density at radius 2 is 2.00 bits per heavy atom. The summed E-state index contributed by atoms with van der Waals surface area (Å²) < 4.78 is 43.0. The second-order valence-corrected chi connectivity index (χ2v) is 6.59. The highest BCUT2D eigenvalue weighted by Gasteiger charge is 2.31. The van der Waals surface area contributed by atoms with Gasteiger partial charge in [-0.05, 0) is 31.9 Å². The average molecular weight is 402 g/mol. The monoisotopic (exact) mass is 402 g/mol. The standard InChI is InChI=1S/C19H29F3N4O2/c1-6-14(3)28-16-9-13(2)7-8-15(16)10-24-18(23-4)25-11-17(27)26(5)12-19(20,21)22/h7-9,14H,6,10-12H2,1-5H3,(H2,23,24,25). The van der Waals surface area contributed by atoms with Gasteiger partial charge in [-0.25, -0.2) is 0 Å². The number of rotatable bonds is 8. The van der Waals surface area contributed by atoms with Gasteiger partial charge in [-0.2, -0.15) is 13.2 Å². The first-order valence-corrected chi connectivity index (χ1v) is 9.07. The maximum atomic E-state index is 12.4. The zero-order chi connectivity index (χ0) is 21.3. The van der Waals surface area contributed by atoms with Gasteiger partial charge in [0.05, 0.1) is 12.6 Å². The molecule has 0 saturated heterocycles. The SMILES string of the molecule is CCC(C)Oc1cc(C)ccc1CNC(=NC)NCC(=O)N(C)CC(F)(F)F. The number of aryl methyl sites for hydroxylation is 1. The minimum atomic E-state index is -4.43. The molecule has 0 aliphatic rings. The molecule has 9 heteroatoms. The van der Waals surface area contributed by atoms with E-state index >= 15 is 0 Å². The van der Waals surface area contributed by atoms with Crippen LogP contribution in [0.5, 0.6) is 5.75 Å². The Morgan fingerprint density at radius 1 is 1.32 bits per heavy atom. The van der Waals surface area contributed by atoms with Gasteiger partial charge >= 0.3 is 6.18 Å². The van der Waals surface area contributed by atoms with Gasteiger partial charge in [-0.15, -0.1) is 0 Å². The third kappa shape index (κ3) is 8.49. The van der Waals surface area contributed by atoms with Crippen LogP contribution in [-0.4, -0.2) is 56.2 Å². The number of benzene rings is 1. The van der Waals surface area contributed by atoms with Gasteiger partial charge in [-0.3, -0.25) is 9.79 Å². The molecule has 0 aliphatic heterocycles. The number of carbonyl (C=O) groups is 1. The van der Waals surface area contributed by atoms with E-state index in [1.54, 1.807) is 0 Å². The fourth-order valence-corrected chi connectivity index (χ4v) is 2.27. The Labute approximate surface area is 164 Å². The molecule has 1 aromatic rings. The van der Waals surface area contributed by atoms with Crippen molar-refractivity contribution < 1.29 is 22.7 Å². The van der Waals surface area contributed by atoms with Crippen molar-refractivity contribution >= 4 is 11.9 Å². The first kappa shape index (κ1) is 23.6. The molecular formula is C19H29F3N4O2. The first-order valence-electron chi connectivity index (χ1n) is 9.07. The maximum absolute atomic E-state index is 12.4. The Bertz CT molecular complexity index is 678. The summed E-state index contributed by atoms with van der Waals surface area (Å²) in [6, 6.07) is 5.86. The van der Waals surface area contributed by atoms with Gasteiger partial charge in [0.1, 0.15) is 12.3 Å². The second-order valence-electron chi connectivity index (χ2n) is 6.59. The predicted molar refractivity (Wildman–Crippen MR) is 103 cm³/mol. The molecule has 0 bridgehead atoms. The van der Waals surface area contributed by atoms with E-state index in [0.717, 1.165) is 30.3 Å². The van der Waals surface area contributed by atoms with E-state index in [0.29, 0.717) is 17.4 Å². The van der Waals surface area contributed by atoms with Crippen LogP contribution in [-0.2, 0) is 11.3 Å². The number of amides is 1. The molecular weight excluding hydrogens is 373 g/mol. The van der Waals surface area contributed by atoms with E-state index in [1.807, 2.05) is 39.0 Å². The molecule has 0 fully saturated rings. The molecule has 28 heavy (non-hydrogen) atoms. The summed E-state index contributed by atoms with van der Waals surface area (Å²) >= 11 is 0. The fourth-order valence-electron chi connectivity index (χ4n) is 2.27. The number of alkyl halides is 3. The third-order valence-electron chi connectivity index (χ3n) is 4.04. The van der Waals surface area contributed by atoms with Crippen molar-refractivity contribution in [3.8, 4) is 5.75 Å². The van der Waals surface area contributed by atoms with Crippen molar-refractivity contribution in [3.05, 3.63) is 29.3 Å². The first-order chi connectivity index (χ1) is 13.1. The molecule has 1 aromatic carbocycles. The molecule has 2 N–H and O–H groups in total. The van der Waals surface area contributed by atoms with Gasteiger partial charge in [0, 0.05) is 26.2 Å².